The maximum absolute atomic E-state index is 13.9. The van der Waals surface area contributed by atoms with Crippen molar-refractivity contribution in [1.82, 2.24) is 4.57 Å². The van der Waals surface area contributed by atoms with E-state index in [-0.39, 0.29) is 5.56 Å². The summed E-state index contributed by atoms with van der Waals surface area (Å²) in [6.45, 7) is 4.10. The lowest BCUT2D eigenvalue weighted by Gasteiger charge is -2.08. The Balaban J connectivity index is 2.20. The normalized spacial score (nSPS) is 11.6. The first-order chi connectivity index (χ1) is 13.0. The summed E-state index contributed by atoms with van der Waals surface area (Å²) in [4.78, 5) is 16.8. The highest BCUT2D eigenvalue weighted by Gasteiger charge is 2.15. The summed E-state index contributed by atoms with van der Waals surface area (Å²) in [6.07, 6.45) is 1.66. The third kappa shape index (κ3) is 3.61. The number of rotatable bonds is 5. The number of hydrogen-bond acceptors (Lipinski definition) is 4. The number of carbonyl (C=O) groups excluding carboxylic acids is 1. The summed E-state index contributed by atoms with van der Waals surface area (Å²) >= 11 is 1.24. The molecule has 1 aromatic heterocycles. The summed E-state index contributed by atoms with van der Waals surface area (Å²) in [7, 11) is 3.06. The molecule has 0 radical (unpaired) electrons. The van der Waals surface area contributed by atoms with E-state index in [0.29, 0.717) is 28.9 Å². The Hall–Kier alpha value is -3.00. The summed E-state index contributed by atoms with van der Waals surface area (Å²) in [6, 6.07) is 6.30. The molecule has 5 nitrogen and oxygen atoms in total. The van der Waals surface area contributed by atoms with Crippen LogP contribution in [0.25, 0.3) is 10.2 Å². The molecule has 0 unspecified atom stereocenters. The Labute approximate surface area is 157 Å². The molecule has 140 valence electrons. The fourth-order valence-corrected chi connectivity index (χ4v) is 3.65. The van der Waals surface area contributed by atoms with Crippen LogP contribution < -0.4 is 14.3 Å². The Kier molecular flexibility index (Phi) is 5.36. The fraction of sp³-hybridized carbons (Fsp3) is 0.158. The van der Waals surface area contributed by atoms with Crippen molar-refractivity contribution in [1.29, 1.82) is 0 Å². The number of carbonyl (C=O) groups is 1. The first kappa shape index (κ1) is 18.8. The van der Waals surface area contributed by atoms with Crippen molar-refractivity contribution in [3.05, 3.63) is 65.0 Å². The van der Waals surface area contributed by atoms with Gasteiger partial charge < -0.3 is 14.0 Å². The monoisotopic (exact) mass is 390 g/mol. The van der Waals surface area contributed by atoms with Gasteiger partial charge in [-0.25, -0.2) is 8.78 Å². The lowest BCUT2D eigenvalue weighted by molar-refractivity contribution is 0.0994. The van der Waals surface area contributed by atoms with Crippen molar-refractivity contribution < 1.29 is 23.0 Å². The highest BCUT2D eigenvalue weighted by atomic mass is 32.1. The molecule has 0 bridgehead atoms. The molecular formula is C19H16F2N2O3S. The number of benzene rings is 2. The van der Waals surface area contributed by atoms with Crippen LogP contribution in [0.4, 0.5) is 8.78 Å². The predicted molar refractivity (Wildman–Crippen MR) is 99.4 cm³/mol. The summed E-state index contributed by atoms with van der Waals surface area (Å²) in [5.74, 6) is -1.44. The zero-order valence-electron chi connectivity index (χ0n) is 14.7. The Morgan fingerprint density at radius 2 is 1.93 bits per heavy atom. The lowest BCUT2D eigenvalue weighted by atomic mass is 10.2. The number of halogens is 2. The van der Waals surface area contributed by atoms with Crippen molar-refractivity contribution in [2.75, 3.05) is 14.2 Å². The van der Waals surface area contributed by atoms with Crippen molar-refractivity contribution in [3.8, 4) is 11.5 Å². The molecule has 27 heavy (non-hydrogen) atoms. The van der Waals surface area contributed by atoms with Gasteiger partial charge in [0.15, 0.2) is 16.3 Å². The van der Waals surface area contributed by atoms with Gasteiger partial charge in [0.2, 0.25) is 0 Å². The van der Waals surface area contributed by atoms with Gasteiger partial charge >= 0.3 is 0 Å². The highest BCUT2D eigenvalue weighted by molar-refractivity contribution is 7.16. The average molecular weight is 390 g/mol. The van der Waals surface area contributed by atoms with Crippen molar-refractivity contribution in [3.63, 3.8) is 0 Å². The zero-order chi connectivity index (χ0) is 19.6. The number of aromatic nitrogens is 1. The molecule has 1 amide bonds. The number of hydrogen-bond donors (Lipinski definition) is 0. The van der Waals surface area contributed by atoms with Gasteiger partial charge in [-0.2, -0.15) is 4.99 Å². The van der Waals surface area contributed by atoms with Crippen LogP contribution in [0.15, 0.2) is 48.0 Å². The minimum atomic E-state index is -0.955. The van der Waals surface area contributed by atoms with Gasteiger partial charge in [-0.15, -0.1) is 6.58 Å². The molecule has 3 aromatic rings. The molecule has 0 aliphatic heterocycles. The van der Waals surface area contributed by atoms with E-state index in [9.17, 15) is 13.6 Å². The first-order valence-electron chi connectivity index (χ1n) is 7.88. The standard InChI is InChI=1S/C19H16F2N2O3S/c1-4-7-23-14-9-15(25-2)16(26-3)10-17(14)27-19(23)22-18(24)12-6-5-11(20)8-13(12)21/h4-6,8-10H,1,7H2,2-3H3. The number of thiazole rings is 1. The second-order valence-electron chi connectivity index (χ2n) is 5.50. The van der Waals surface area contributed by atoms with Gasteiger partial charge in [-0.1, -0.05) is 17.4 Å². The molecule has 2 aromatic carbocycles. The molecule has 0 spiro atoms. The van der Waals surface area contributed by atoms with E-state index >= 15 is 0 Å². The van der Waals surface area contributed by atoms with Crippen LogP contribution in [0.1, 0.15) is 10.4 Å². The van der Waals surface area contributed by atoms with Crippen LogP contribution in [-0.4, -0.2) is 24.7 Å². The van der Waals surface area contributed by atoms with E-state index in [1.54, 1.807) is 22.8 Å². The van der Waals surface area contributed by atoms with Crippen molar-refractivity contribution in [2.45, 2.75) is 6.54 Å². The Bertz CT molecular complexity index is 1100. The van der Waals surface area contributed by atoms with Gasteiger partial charge in [-0.05, 0) is 12.1 Å². The Morgan fingerprint density at radius 3 is 2.56 bits per heavy atom. The Morgan fingerprint density at radius 1 is 1.22 bits per heavy atom. The number of fused-ring (bicyclic) bond motifs is 1. The second-order valence-corrected chi connectivity index (χ2v) is 6.51. The maximum Gasteiger partial charge on any atom is 0.282 e. The lowest BCUT2D eigenvalue weighted by Crippen LogP contribution is -2.16. The van der Waals surface area contributed by atoms with Crippen LogP contribution in [-0.2, 0) is 6.54 Å². The van der Waals surface area contributed by atoms with E-state index in [4.69, 9.17) is 9.47 Å². The van der Waals surface area contributed by atoms with E-state index in [0.717, 1.165) is 22.3 Å². The van der Waals surface area contributed by atoms with Crippen LogP contribution in [0.2, 0.25) is 0 Å². The molecule has 1 heterocycles. The molecule has 0 fully saturated rings. The van der Waals surface area contributed by atoms with Gasteiger partial charge in [0.25, 0.3) is 5.91 Å². The van der Waals surface area contributed by atoms with Crippen LogP contribution in [0.3, 0.4) is 0 Å². The quantitative estimate of drug-likeness (QED) is 0.621. The maximum atomic E-state index is 13.9. The fourth-order valence-electron chi connectivity index (χ4n) is 2.60. The smallest absolute Gasteiger partial charge is 0.282 e. The third-order valence-corrected chi connectivity index (χ3v) is 4.90. The molecular weight excluding hydrogens is 374 g/mol. The zero-order valence-corrected chi connectivity index (χ0v) is 15.5. The molecule has 0 aliphatic rings. The molecule has 0 saturated carbocycles. The number of ether oxygens (including phenoxy) is 2. The second kappa shape index (κ2) is 7.71. The van der Waals surface area contributed by atoms with E-state index in [1.165, 1.54) is 25.6 Å². The minimum Gasteiger partial charge on any atom is -0.493 e. The molecule has 0 atom stereocenters. The van der Waals surface area contributed by atoms with Crippen molar-refractivity contribution in [2.24, 2.45) is 4.99 Å². The SMILES string of the molecule is C=CCn1c(=NC(=O)c2ccc(F)cc2F)sc2cc(OC)c(OC)cc21. The van der Waals surface area contributed by atoms with Crippen LogP contribution >= 0.6 is 11.3 Å². The molecule has 0 aliphatic carbocycles. The van der Waals surface area contributed by atoms with Crippen LogP contribution in [0.5, 0.6) is 11.5 Å². The number of methoxy groups -OCH3 is 2. The number of amides is 1. The van der Waals surface area contributed by atoms with E-state index < -0.39 is 17.5 Å². The van der Waals surface area contributed by atoms with Crippen molar-refractivity contribution >= 4 is 27.5 Å². The summed E-state index contributed by atoms with van der Waals surface area (Å²) < 4.78 is 40.1. The first-order valence-corrected chi connectivity index (χ1v) is 8.70. The molecule has 0 saturated heterocycles. The van der Waals surface area contributed by atoms with E-state index in [2.05, 4.69) is 11.6 Å². The number of allylic oxidation sites excluding steroid dienone is 1. The summed E-state index contributed by atoms with van der Waals surface area (Å²) in [5, 5.41) is 0. The van der Waals surface area contributed by atoms with Gasteiger partial charge in [0.1, 0.15) is 11.6 Å². The topological polar surface area (TPSA) is 52.8 Å². The minimum absolute atomic E-state index is 0.297. The molecule has 0 N–H and O–H groups in total. The van der Waals surface area contributed by atoms with Gasteiger partial charge in [-0.3, -0.25) is 4.79 Å². The average Bonchev–Trinajstić information content (AvgIpc) is 2.96. The third-order valence-electron chi connectivity index (χ3n) is 3.86. The number of nitrogens with zero attached hydrogens (tertiary/aromatic N) is 2. The molecule has 8 heteroatoms. The predicted octanol–water partition coefficient (Wildman–Crippen LogP) is 3.93. The van der Waals surface area contributed by atoms with Gasteiger partial charge in [0.05, 0.1) is 30.0 Å². The largest absolute Gasteiger partial charge is 0.493 e. The van der Waals surface area contributed by atoms with Gasteiger partial charge in [0, 0.05) is 24.7 Å². The molecule has 3 rings (SSSR count). The summed E-state index contributed by atoms with van der Waals surface area (Å²) in [5.41, 5.74) is 0.470. The van der Waals surface area contributed by atoms with Crippen LogP contribution in [0, 0.1) is 11.6 Å². The highest BCUT2D eigenvalue weighted by Crippen LogP contribution is 2.33. The van der Waals surface area contributed by atoms with E-state index in [1.807, 2.05) is 0 Å².